The normalized spacial score (nSPS) is 11.0. The van der Waals surface area contributed by atoms with Crippen molar-refractivity contribution in [3.63, 3.8) is 0 Å². The van der Waals surface area contributed by atoms with Gasteiger partial charge in [0.05, 0.1) is 17.2 Å². The van der Waals surface area contributed by atoms with E-state index in [2.05, 4.69) is 23.0 Å². The van der Waals surface area contributed by atoms with Crippen molar-refractivity contribution in [1.82, 2.24) is 14.7 Å². The fourth-order valence-corrected chi connectivity index (χ4v) is 1.67. The number of aryl methyl sites for hydroxylation is 2. The second-order valence-corrected chi connectivity index (χ2v) is 4.11. The first-order valence-electron chi connectivity index (χ1n) is 5.57. The van der Waals surface area contributed by atoms with Gasteiger partial charge in [0, 0.05) is 26.1 Å². The van der Waals surface area contributed by atoms with Gasteiger partial charge in [0.25, 0.3) is 0 Å². The molecule has 0 spiro atoms. The van der Waals surface area contributed by atoms with Gasteiger partial charge in [-0.25, -0.2) is 0 Å². The van der Waals surface area contributed by atoms with Gasteiger partial charge in [-0.05, 0) is 27.0 Å². The van der Waals surface area contributed by atoms with Crippen LogP contribution in [0, 0.1) is 12.3 Å². The van der Waals surface area contributed by atoms with Crippen molar-refractivity contribution < 1.29 is 0 Å². The number of amidine groups is 1. The summed E-state index contributed by atoms with van der Waals surface area (Å²) in [5.41, 5.74) is 7.60. The van der Waals surface area contributed by atoms with Gasteiger partial charge >= 0.3 is 0 Å². The third-order valence-electron chi connectivity index (χ3n) is 2.48. The van der Waals surface area contributed by atoms with Crippen molar-refractivity contribution in [2.24, 2.45) is 5.73 Å². The predicted molar refractivity (Wildman–Crippen MR) is 65.5 cm³/mol. The lowest BCUT2D eigenvalue weighted by Gasteiger charge is -2.16. The Balaban J connectivity index is 2.54. The largest absolute Gasteiger partial charge is 0.388 e. The van der Waals surface area contributed by atoms with Gasteiger partial charge in [0.1, 0.15) is 0 Å². The maximum atomic E-state index is 7.18. The molecule has 3 N–H and O–H groups in total. The highest BCUT2D eigenvalue weighted by molar-refractivity contribution is 5.76. The van der Waals surface area contributed by atoms with Gasteiger partial charge < -0.3 is 10.6 Å². The molecule has 0 aliphatic heterocycles. The zero-order valence-electron chi connectivity index (χ0n) is 10.3. The Kier molecular flexibility index (Phi) is 4.49. The van der Waals surface area contributed by atoms with E-state index in [1.165, 1.54) is 5.69 Å². The van der Waals surface area contributed by atoms with Crippen molar-refractivity contribution >= 4 is 5.84 Å². The molecule has 0 bridgehead atoms. The summed E-state index contributed by atoms with van der Waals surface area (Å²) < 4.78 is 2.01. The standard InChI is InChI=1S/C11H21N5/c1-4-16-10(7-9(2)14-16)8-15(3)6-5-11(12)13/h7H,4-6,8H2,1-3H3,(H3,12,13). The molecule has 5 heteroatoms. The SMILES string of the molecule is CCn1nc(C)cc1CN(C)CCC(=N)N. The van der Waals surface area contributed by atoms with Crippen LogP contribution in [0.15, 0.2) is 6.07 Å². The second kappa shape index (κ2) is 5.65. The van der Waals surface area contributed by atoms with E-state index in [0.717, 1.165) is 25.3 Å². The average molecular weight is 223 g/mol. The molecule has 1 heterocycles. The molecular formula is C11H21N5. The van der Waals surface area contributed by atoms with Crippen LogP contribution in [0.3, 0.4) is 0 Å². The molecular weight excluding hydrogens is 202 g/mol. The zero-order valence-corrected chi connectivity index (χ0v) is 10.3. The van der Waals surface area contributed by atoms with Crippen LogP contribution in [0.2, 0.25) is 0 Å². The Morgan fingerprint density at radius 1 is 1.62 bits per heavy atom. The van der Waals surface area contributed by atoms with E-state index in [-0.39, 0.29) is 5.84 Å². The fraction of sp³-hybridized carbons (Fsp3) is 0.636. The number of hydrogen-bond acceptors (Lipinski definition) is 3. The lowest BCUT2D eigenvalue weighted by atomic mass is 10.3. The molecule has 0 unspecified atom stereocenters. The first kappa shape index (κ1) is 12.7. The third kappa shape index (κ3) is 3.66. The Morgan fingerprint density at radius 2 is 2.31 bits per heavy atom. The summed E-state index contributed by atoms with van der Waals surface area (Å²) in [6.07, 6.45) is 0.621. The van der Waals surface area contributed by atoms with Gasteiger partial charge in [0.15, 0.2) is 0 Å². The summed E-state index contributed by atoms with van der Waals surface area (Å²) in [5, 5.41) is 11.6. The number of nitrogens with one attached hydrogen (secondary N) is 1. The van der Waals surface area contributed by atoms with Crippen molar-refractivity contribution in [1.29, 1.82) is 5.41 Å². The summed E-state index contributed by atoms with van der Waals surface area (Å²) >= 11 is 0. The van der Waals surface area contributed by atoms with E-state index in [1.54, 1.807) is 0 Å². The quantitative estimate of drug-likeness (QED) is 0.557. The topological polar surface area (TPSA) is 70.9 Å². The molecule has 0 aliphatic rings. The van der Waals surface area contributed by atoms with E-state index in [0.29, 0.717) is 6.42 Å². The van der Waals surface area contributed by atoms with Crippen LogP contribution < -0.4 is 5.73 Å². The van der Waals surface area contributed by atoms with Crippen molar-refractivity contribution in [2.45, 2.75) is 33.4 Å². The molecule has 0 fully saturated rings. The van der Waals surface area contributed by atoms with Crippen LogP contribution in [0.25, 0.3) is 0 Å². The smallest absolute Gasteiger partial charge is 0.0918 e. The number of aromatic nitrogens is 2. The molecule has 1 aromatic heterocycles. The number of nitrogens with two attached hydrogens (primary N) is 1. The highest BCUT2D eigenvalue weighted by atomic mass is 15.3. The number of hydrogen-bond donors (Lipinski definition) is 2. The molecule has 5 nitrogen and oxygen atoms in total. The van der Waals surface area contributed by atoms with E-state index in [4.69, 9.17) is 11.1 Å². The minimum Gasteiger partial charge on any atom is -0.388 e. The van der Waals surface area contributed by atoms with Crippen LogP contribution in [0.4, 0.5) is 0 Å². The van der Waals surface area contributed by atoms with Gasteiger partial charge in [-0.1, -0.05) is 0 Å². The van der Waals surface area contributed by atoms with Gasteiger partial charge in [-0.15, -0.1) is 0 Å². The van der Waals surface area contributed by atoms with Crippen LogP contribution in [-0.4, -0.2) is 34.1 Å². The molecule has 0 aliphatic carbocycles. The third-order valence-corrected chi connectivity index (χ3v) is 2.48. The summed E-state index contributed by atoms with van der Waals surface area (Å²) in [6.45, 7) is 6.64. The highest BCUT2D eigenvalue weighted by Gasteiger charge is 2.07. The van der Waals surface area contributed by atoms with Crippen LogP contribution in [-0.2, 0) is 13.1 Å². The van der Waals surface area contributed by atoms with Crippen molar-refractivity contribution in [2.75, 3.05) is 13.6 Å². The summed E-state index contributed by atoms with van der Waals surface area (Å²) in [5.74, 6) is 0.243. The van der Waals surface area contributed by atoms with Crippen molar-refractivity contribution in [3.8, 4) is 0 Å². The molecule has 0 aromatic carbocycles. The molecule has 0 saturated heterocycles. The maximum absolute atomic E-state index is 7.18. The van der Waals surface area contributed by atoms with E-state index >= 15 is 0 Å². The Bertz CT molecular complexity index is 355. The van der Waals surface area contributed by atoms with Crippen LogP contribution in [0.1, 0.15) is 24.7 Å². The maximum Gasteiger partial charge on any atom is 0.0918 e. The number of nitrogens with zero attached hydrogens (tertiary/aromatic N) is 3. The van der Waals surface area contributed by atoms with Gasteiger partial charge in [0.2, 0.25) is 0 Å². The van der Waals surface area contributed by atoms with Crippen LogP contribution >= 0.6 is 0 Å². The lowest BCUT2D eigenvalue weighted by molar-refractivity contribution is 0.324. The molecule has 16 heavy (non-hydrogen) atoms. The molecule has 0 atom stereocenters. The first-order valence-corrected chi connectivity index (χ1v) is 5.57. The second-order valence-electron chi connectivity index (χ2n) is 4.11. The Hall–Kier alpha value is -1.36. The molecule has 0 radical (unpaired) electrons. The minimum atomic E-state index is 0.243. The minimum absolute atomic E-state index is 0.243. The van der Waals surface area contributed by atoms with Crippen molar-refractivity contribution in [3.05, 3.63) is 17.5 Å². The molecule has 1 rings (SSSR count). The summed E-state index contributed by atoms with van der Waals surface area (Å²) in [4.78, 5) is 2.16. The molecule has 0 saturated carbocycles. The van der Waals surface area contributed by atoms with Gasteiger partial charge in [-0.2, -0.15) is 5.10 Å². The lowest BCUT2D eigenvalue weighted by Crippen LogP contribution is -2.25. The predicted octanol–water partition coefficient (Wildman–Crippen LogP) is 0.969. The van der Waals surface area contributed by atoms with E-state index < -0.39 is 0 Å². The first-order chi connectivity index (χ1) is 7.52. The summed E-state index contributed by atoms with van der Waals surface area (Å²) in [7, 11) is 2.03. The molecule has 90 valence electrons. The van der Waals surface area contributed by atoms with Gasteiger partial charge in [-0.3, -0.25) is 10.1 Å². The van der Waals surface area contributed by atoms with E-state index in [1.807, 2.05) is 18.7 Å². The fourth-order valence-electron chi connectivity index (χ4n) is 1.67. The Labute approximate surface area is 96.7 Å². The summed E-state index contributed by atoms with van der Waals surface area (Å²) in [6, 6.07) is 2.10. The average Bonchev–Trinajstić information content (AvgIpc) is 2.55. The monoisotopic (exact) mass is 223 g/mol. The highest BCUT2D eigenvalue weighted by Crippen LogP contribution is 2.06. The number of rotatable bonds is 6. The zero-order chi connectivity index (χ0) is 12.1. The molecule has 1 aromatic rings. The Morgan fingerprint density at radius 3 is 2.88 bits per heavy atom. The molecule has 0 amide bonds. The van der Waals surface area contributed by atoms with E-state index in [9.17, 15) is 0 Å². The van der Waals surface area contributed by atoms with Crippen LogP contribution in [0.5, 0.6) is 0 Å².